The van der Waals surface area contributed by atoms with Gasteiger partial charge in [0.25, 0.3) is 0 Å². The molecule has 0 unspecified atom stereocenters. The molecule has 0 atom stereocenters. The van der Waals surface area contributed by atoms with E-state index in [2.05, 4.69) is 53.3 Å². The number of thioether (sulfide) groups is 2. The van der Waals surface area contributed by atoms with Gasteiger partial charge in [-0.05, 0) is 37.3 Å². The van der Waals surface area contributed by atoms with Crippen molar-refractivity contribution in [2.24, 2.45) is 0 Å². The number of hydrogen-bond donors (Lipinski definition) is 1. The van der Waals surface area contributed by atoms with Gasteiger partial charge in [-0.2, -0.15) is 0 Å². The van der Waals surface area contributed by atoms with Gasteiger partial charge in [0.2, 0.25) is 5.91 Å². The van der Waals surface area contributed by atoms with Gasteiger partial charge in [-0.25, -0.2) is 0 Å². The zero-order chi connectivity index (χ0) is 21.5. The second-order valence-electron chi connectivity index (χ2n) is 6.36. The van der Waals surface area contributed by atoms with E-state index in [9.17, 15) is 4.79 Å². The number of benzene rings is 2. The number of halogens is 2. The molecule has 1 N–H and O–H groups in total. The highest BCUT2D eigenvalue weighted by Crippen LogP contribution is 2.27. The minimum Gasteiger partial charge on any atom is -0.324 e. The van der Waals surface area contributed by atoms with Gasteiger partial charge in [-0.3, -0.25) is 4.79 Å². The predicted octanol–water partition coefficient (Wildman–Crippen LogP) is 6.10. The Hall–Kier alpha value is -1.93. The number of anilines is 1. The van der Waals surface area contributed by atoms with Gasteiger partial charge in [0, 0.05) is 16.5 Å². The zero-order valence-electron chi connectivity index (χ0n) is 16.3. The minimum atomic E-state index is -0.201. The Morgan fingerprint density at radius 2 is 1.93 bits per heavy atom. The summed E-state index contributed by atoms with van der Waals surface area (Å²) < 4.78 is 1.97. The number of aromatic nitrogens is 3. The molecule has 30 heavy (non-hydrogen) atoms. The summed E-state index contributed by atoms with van der Waals surface area (Å²) in [5.74, 6) is 1.48. The van der Waals surface area contributed by atoms with Crippen LogP contribution in [0.15, 0.2) is 65.2 Å². The maximum absolute atomic E-state index is 12.3. The van der Waals surface area contributed by atoms with Crippen molar-refractivity contribution in [2.75, 3.05) is 11.1 Å². The van der Waals surface area contributed by atoms with E-state index in [1.807, 2.05) is 4.57 Å². The summed E-state index contributed by atoms with van der Waals surface area (Å²) in [5, 5.41) is 12.9. The SMILES string of the molecule is C=CCn1c(CSc2ccc(C)cc2)nnc1SCC(=O)Nc1cc(Cl)ccc1Cl. The number of rotatable bonds is 9. The lowest BCUT2D eigenvalue weighted by Crippen LogP contribution is -2.15. The third kappa shape index (κ3) is 6.28. The van der Waals surface area contributed by atoms with Gasteiger partial charge in [-0.1, -0.05) is 58.7 Å². The quantitative estimate of drug-likeness (QED) is 0.297. The van der Waals surface area contributed by atoms with Crippen LogP contribution in [0.4, 0.5) is 5.69 Å². The van der Waals surface area contributed by atoms with Crippen LogP contribution in [0, 0.1) is 6.92 Å². The van der Waals surface area contributed by atoms with Crippen LogP contribution in [-0.4, -0.2) is 26.4 Å². The van der Waals surface area contributed by atoms with E-state index in [-0.39, 0.29) is 11.7 Å². The van der Waals surface area contributed by atoms with E-state index in [1.54, 1.807) is 36.0 Å². The summed E-state index contributed by atoms with van der Waals surface area (Å²) in [4.78, 5) is 13.5. The topological polar surface area (TPSA) is 59.8 Å². The fourth-order valence-electron chi connectivity index (χ4n) is 2.54. The molecular formula is C21H20Cl2N4OS2. The Kier molecular flexibility index (Phi) is 8.27. The first-order valence-electron chi connectivity index (χ1n) is 9.06. The molecule has 0 aliphatic heterocycles. The molecular weight excluding hydrogens is 459 g/mol. The maximum atomic E-state index is 12.3. The number of nitrogens with one attached hydrogen (secondary N) is 1. The predicted molar refractivity (Wildman–Crippen MR) is 127 cm³/mol. The number of nitrogens with zero attached hydrogens (tertiary/aromatic N) is 3. The largest absolute Gasteiger partial charge is 0.324 e. The highest BCUT2D eigenvalue weighted by Gasteiger charge is 2.14. The number of carbonyl (C=O) groups excluding carboxylic acids is 1. The monoisotopic (exact) mass is 478 g/mol. The number of allylic oxidation sites excluding steroid dienone is 1. The molecule has 3 aromatic rings. The lowest BCUT2D eigenvalue weighted by Gasteiger charge is -2.09. The number of amides is 1. The summed E-state index contributed by atoms with van der Waals surface area (Å²) in [7, 11) is 0. The molecule has 3 rings (SSSR count). The van der Waals surface area contributed by atoms with Crippen LogP contribution in [0.5, 0.6) is 0 Å². The molecule has 156 valence electrons. The molecule has 0 spiro atoms. The first-order valence-corrected chi connectivity index (χ1v) is 11.8. The van der Waals surface area contributed by atoms with Crippen molar-refractivity contribution in [3.05, 3.63) is 76.6 Å². The van der Waals surface area contributed by atoms with Crippen LogP contribution in [0.25, 0.3) is 0 Å². The van der Waals surface area contributed by atoms with Crippen LogP contribution >= 0.6 is 46.7 Å². The van der Waals surface area contributed by atoms with Crippen molar-refractivity contribution in [2.45, 2.75) is 29.3 Å². The van der Waals surface area contributed by atoms with E-state index >= 15 is 0 Å². The van der Waals surface area contributed by atoms with E-state index < -0.39 is 0 Å². The van der Waals surface area contributed by atoms with Crippen LogP contribution in [0.1, 0.15) is 11.4 Å². The van der Waals surface area contributed by atoms with Crippen molar-refractivity contribution in [1.82, 2.24) is 14.8 Å². The van der Waals surface area contributed by atoms with Gasteiger partial charge >= 0.3 is 0 Å². The summed E-state index contributed by atoms with van der Waals surface area (Å²) in [6, 6.07) is 13.3. The number of aryl methyl sites for hydroxylation is 1. The molecule has 9 heteroatoms. The zero-order valence-corrected chi connectivity index (χ0v) is 19.4. The fourth-order valence-corrected chi connectivity index (χ4v) is 4.48. The van der Waals surface area contributed by atoms with Crippen LogP contribution < -0.4 is 5.32 Å². The first kappa shape index (κ1) is 22.7. The lowest BCUT2D eigenvalue weighted by molar-refractivity contribution is -0.113. The first-order chi connectivity index (χ1) is 14.5. The van der Waals surface area contributed by atoms with E-state index in [1.165, 1.54) is 22.2 Å². The molecule has 0 radical (unpaired) electrons. The summed E-state index contributed by atoms with van der Waals surface area (Å²) in [6.07, 6.45) is 1.79. The molecule has 1 aromatic heterocycles. The van der Waals surface area contributed by atoms with E-state index in [0.717, 1.165) is 5.82 Å². The van der Waals surface area contributed by atoms with Gasteiger partial charge in [0.1, 0.15) is 5.82 Å². The van der Waals surface area contributed by atoms with Crippen LogP contribution in [-0.2, 0) is 17.1 Å². The fraction of sp³-hybridized carbons (Fsp3) is 0.190. The normalized spacial score (nSPS) is 10.8. The van der Waals surface area contributed by atoms with E-state index in [0.29, 0.717) is 33.2 Å². The number of hydrogen-bond acceptors (Lipinski definition) is 5. The second-order valence-corrected chi connectivity index (χ2v) is 9.20. The highest BCUT2D eigenvalue weighted by atomic mass is 35.5. The lowest BCUT2D eigenvalue weighted by atomic mass is 10.2. The third-order valence-corrected chi connectivity index (χ3v) is 6.57. The van der Waals surface area contributed by atoms with Crippen molar-refractivity contribution >= 4 is 58.3 Å². The molecule has 0 bridgehead atoms. The Morgan fingerprint density at radius 3 is 2.67 bits per heavy atom. The summed E-state index contributed by atoms with van der Waals surface area (Å²) in [5.41, 5.74) is 1.71. The highest BCUT2D eigenvalue weighted by molar-refractivity contribution is 7.99. The molecule has 5 nitrogen and oxygen atoms in total. The Bertz CT molecular complexity index is 1040. The molecule has 0 aliphatic rings. The van der Waals surface area contributed by atoms with Crippen molar-refractivity contribution in [3.8, 4) is 0 Å². The van der Waals surface area contributed by atoms with Gasteiger partial charge in [0.15, 0.2) is 5.16 Å². The molecule has 2 aromatic carbocycles. The molecule has 1 heterocycles. The van der Waals surface area contributed by atoms with Gasteiger partial charge < -0.3 is 9.88 Å². The summed E-state index contributed by atoms with van der Waals surface area (Å²) >= 11 is 15.1. The van der Waals surface area contributed by atoms with Crippen molar-refractivity contribution in [1.29, 1.82) is 0 Å². The van der Waals surface area contributed by atoms with E-state index in [4.69, 9.17) is 23.2 Å². The van der Waals surface area contributed by atoms with Crippen LogP contribution in [0.2, 0.25) is 10.0 Å². The Balaban J connectivity index is 1.62. The molecule has 1 amide bonds. The average molecular weight is 479 g/mol. The smallest absolute Gasteiger partial charge is 0.234 e. The van der Waals surface area contributed by atoms with Crippen LogP contribution in [0.3, 0.4) is 0 Å². The van der Waals surface area contributed by atoms with Gasteiger partial charge in [-0.15, -0.1) is 28.5 Å². The van der Waals surface area contributed by atoms with Crippen molar-refractivity contribution in [3.63, 3.8) is 0 Å². The van der Waals surface area contributed by atoms with Crippen molar-refractivity contribution < 1.29 is 4.79 Å². The number of carbonyl (C=O) groups is 1. The Morgan fingerprint density at radius 1 is 1.17 bits per heavy atom. The minimum absolute atomic E-state index is 0.170. The molecule has 0 saturated heterocycles. The standard InChI is InChI=1S/C21H20Cl2N4OS2/c1-3-10-27-19(12-29-16-7-4-14(2)5-8-16)25-26-21(27)30-13-20(28)24-18-11-15(22)6-9-17(18)23/h3-9,11H,1,10,12-13H2,2H3,(H,24,28). The van der Waals surface area contributed by atoms with Gasteiger partial charge in [0.05, 0.1) is 22.2 Å². The average Bonchev–Trinajstić information content (AvgIpc) is 3.11. The second kappa shape index (κ2) is 10.9. The molecule has 0 aliphatic carbocycles. The maximum Gasteiger partial charge on any atom is 0.234 e. The Labute approximate surface area is 194 Å². The summed E-state index contributed by atoms with van der Waals surface area (Å²) in [6.45, 7) is 6.45. The molecule has 0 saturated carbocycles. The third-order valence-electron chi connectivity index (χ3n) is 4.03. The molecule has 0 fully saturated rings.